The van der Waals surface area contributed by atoms with Crippen molar-refractivity contribution in [2.75, 3.05) is 13.2 Å². The Morgan fingerprint density at radius 1 is 0.897 bits per heavy atom. The number of hydrogen-bond donors (Lipinski definition) is 1. The first-order chi connectivity index (χ1) is 19.0. The molecule has 2 aliphatic heterocycles. The molecule has 0 bridgehead atoms. The molecule has 0 aromatic heterocycles. The Bertz CT molecular complexity index is 1530. The van der Waals surface area contributed by atoms with E-state index in [1.807, 2.05) is 65.6 Å². The van der Waals surface area contributed by atoms with Gasteiger partial charge in [-0.2, -0.15) is 0 Å². The van der Waals surface area contributed by atoms with Crippen LogP contribution in [-0.2, 0) is 24.4 Å². The molecule has 6 heteroatoms. The Morgan fingerprint density at radius 3 is 2.59 bits per heavy atom. The number of carboxylic acid groups (broad SMARTS) is 1. The molecule has 1 amide bonds. The van der Waals surface area contributed by atoms with E-state index >= 15 is 0 Å². The van der Waals surface area contributed by atoms with Gasteiger partial charge in [0.1, 0.15) is 18.1 Å². The summed E-state index contributed by atoms with van der Waals surface area (Å²) in [7, 11) is 0. The Labute approximate surface area is 227 Å². The lowest BCUT2D eigenvalue weighted by molar-refractivity contribution is -0.137. The van der Waals surface area contributed by atoms with Gasteiger partial charge < -0.3 is 19.5 Å². The number of nitrogens with zero attached hydrogens (tertiary/aromatic N) is 1. The number of hydrogen-bond acceptors (Lipinski definition) is 4. The van der Waals surface area contributed by atoms with Crippen molar-refractivity contribution < 1.29 is 24.2 Å². The van der Waals surface area contributed by atoms with Crippen molar-refractivity contribution >= 4 is 11.9 Å². The normalized spacial score (nSPS) is 15.7. The Balaban J connectivity index is 1.12. The Morgan fingerprint density at radius 2 is 1.74 bits per heavy atom. The molecule has 6 rings (SSSR count). The average molecular weight is 520 g/mol. The van der Waals surface area contributed by atoms with Gasteiger partial charge in [-0.05, 0) is 58.5 Å². The third-order valence-corrected chi connectivity index (χ3v) is 7.48. The molecule has 0 spiro atoms. The van der Waals surface area contributed by atoms with Gasteiger partial charge in [0, 0.05) is 36.2 Å². The van der Waals surface area contributed by atoms with Crippen LogP contribution in [0.3, 0.4) is 0 Å². The van der Waals surface area contributed by atoms with Gasteiger partial charge in [0.05, 0.1) is 13.0 Å². The third-order valence-electron chi connectivity index (χ3n) is 7.48. The van der Waals surface area contributed by atoms with Crippen molar-refractivity contribution in [1.29, 1.82) is 0 Å². The Kier molecular flexibility index (Phi) is 6.76. The molecule has 4 aromatic rings. The van der Waals surface area contributed by atoms with E-state index in [-0.39, 0.29) is 18.2 Å². The molecule has 2 aliphatic rings. The predicted molar refractivity (Wildman–Crippen MR) is 148 cm³/mol. The predicted octanol–water partition coefficient (Wildman–Crippen LogP) is 6.08. The van der Waals surface area contributed by atoms with Crippen LogP contribution in [-0.4, -0.2) is 35.0 Å². The summed E-state index contributed by atoms with van der Waals surface area (Å²) in [6, 6.07) is 29.9. The zero-order chi connectivity index (χ0) is 26.8. The molecule has 0 unspecified atom stereocenters. The number of ether oxygens (including phenoxy) is 2. The Hall–Kier alpha value is -4.58. The van der Waals surface area contributed by atoms with Crippen LogP contribution in [0.5, 0.6) is 11.5 Å². The number of carbonyl (C=O) groups is 2. The first-order valence-electron chi connectivity index (χ1n) is 13.2. The van der Waals surface area contributed by atoms with Gasteiger partial charge >= 0.3 is 5.97 Å². The van der Waals surface area contributed by atoms with Gasteiger partial charge in [0.25, 0.3) is 5.91 Å². The van der Waals surface area contributed by atoms with E-state index in [1.54, 1.807) is 0 Å². The average Bonchev–Trinajstić information content (AvgIpc) is 3.37. The largest absolute Gasteiger partial charge is 0.492 e. The smallest absolute Gasteiger partial charge is 0.304 e. The highest BCUT2D eigenvalue weighted by atomic mass is 16.5. The molecule has 2 heterocycles. The van der Waals surface area contributed by atoms with Crippen molar-refractivity contribution in [2.45, 2.75) is 31.9 Å². The zero-order valence-electron chi connectivity index (χ0n) is 21.5. The fraction of sp³-hybridized carbons (Fsp3) is 0.212. The van der Waals surface area contributed by atoms with Crippen LogP contribution >= 0.6 is 0 Å². The number of fused-ring (bicyclic) bond motifs is 2. The van der Waals surface area contributed by atoms with E-state index in [0.29, 0.717) is 37.8 Å². The zero-order valence-corrected chi connectivity index (χ0v) is 21.5. The summed E-state index contributed by atoms with van der Waals surface area (Å²) in [5.41, 5.74) is 7.45. The molecule has 0 saturated carbocycles. The van der Waals surface area contributed by atoms with Gasteiger partial charge in [0.2, 0.25) is 0 Å². The van der Waals surface area contributed by atoms with Crippen LogP contribution in [0.25, 0.3) is 11.1 Å². The second-order valence-electron chi connectivity index (χ2n) is 10.1. The third kappa shape index (κ3) is 5.36. The standard InChI is InChI=1S/C33H29NO5/c35-32(36)17-28-21-39-31-18-29(11-12-30(28)31)38-20-22-5-4-8-24(15-22)25-9-10-27-19-34(14-13-26(27)16-25)33(37)23-6-2-1-3-7-23/h1-12,15-16,18,28H,13-14,17,19-21H2,(H,35,36)/t28-/m1/s1. The summed E-state index contributed by atoms with van der Waals surface area (Å²) >= 11 is 0. The van der Waals surface area contributed by atoms with E-state index in [2.05, 4.69) is 30.3 Å². The lowest BCUT2D eigenvalue weighted by Gasteiger charge is -2.29. The van der Waals surface area contributed by atoms with Crippen molar-refractivity contribution in [3.8, 4) is 22.6 Å². The molecule has 0 saturated heterocycles. The molecule has 1 atom stereocenters. The SMILES string of the molecule is O=C(O)C[C@@H]1COc2cc(OCc3cccc(-c4ccc5c(c4)CCN(C(=O)c4ccccc4)C5)c3)ccc21. The summed E-state index contributed by atoms with van der Waals surface area (Å²) in [4.78, 5) is 25.9. The molecule has 39 heavy (non-hydrogen) atoms. The second-order valence-corrected chi connectivity index (χ2v) is 10.1. The number of amides is 1. The summed E-state index contributed by atoms with van der Waals surface area (Å²) in [6.07, 6.45) is 0.894. The minimum absolute atomic E-state index is 0.0623. The number of carbonyl (C=O) groups excluding carboxylic acids is 1. The van der Waals surface area contributed by atoms with E-state index in [9.17, 15) is 9.59 Å². The van der Waals surface area contributed by atoms with Gasteiger partial charge in [0.15, 0.2) is 0 Å². The van der Waals surface area contributed by atoms with E-state index in [4.69, 9.17) is 14.6 Å². The molecule has 0 fully saturated rings. The van der Waals surface area contributed by atoms with Crippen LogP contribution in [0, 0.1) is 0 Å². The first-order valence-corrected chi connectivity index (χ1v) is 13.2. The molecule has 0 aliphatic carbocycles. The van der Waals surface area contributed by atoms with Gasteiger partial charge in [-0.25, -0.2) is 0 Å². The van der Waals surface area contributed by atoms with Crippen LogP contribution < -0.4 is 9.47 Å². The summed E-state index contributed by atoms with van der Waals surface area (Å²) in [5, 5.41) is 9.10. The van der Waals surface area contributed by atoms with Gasteiger partial charge in [-0.3, -0.25) is 9.59 Å². The highest BCUT2D eigenvalue weighted by molar-refractivity contribution is 5.94. The maximum absolute atomic E-state index is 12.9. The van der Waals surface area contributed by atoms with Crippen LogP contribution in [0.15, 0.2) is 91.0 Å². The van der Waals surface area contributed by atoms with Gasteiger partial charge in [-0.1, -0.05) is 60.7 Å². The fourth-order valence-corrected chi connectivity index (χ4v) is 5.40. The molecule has 6 nitrogen and oxygen atoms in total. The lowest BCUT2D eigenvalue weighted by Crippen LogP contribution is -2.35. The summed E-state index contributed by atoms with van der Waals surface area (Å²) in [5.74, 6) is 0.528. The molecule has 4 aromatic carbocycles. The van der Waals surface area contributed by atoms with Crippen molar-refractivity contribution in [3.05, 3.63) is 119 Å². The van der Waals surface area contributed by atoms with Gasteiger partial charge in [-0.15, -0.1) is 0 Å². The lowest BCUT2D eigenvalue weighted by atomic mass is 9.93. The van der Waals surface area contributed by atoms with Crippen molar-refractivity contribution in [3.63, 3.8) is 0 Å². The highest BCUT2D eigenvalue weighted by Gasteiger charge is 2.27. The van der Waals surface area contributed by atoms with Crippen LogP contribution in [0.2, 0.25) is 0 Å². The monoisotopic (exact) mass is 519 g/mol. The summed E-state index contributed by atoms with van der Waals surface area (Å²) < 4.78 is 11.8. The molecule has 0 radical (unpaired) electrons. The molecular weight excluding hydrogens is 490 g/mol. The van der Waals surface area contributed by atoms with E-state index in [0.717, 1.165) is 34.2 Å². The van der Waals surface area contributed by atoms with Crippen molar-refractivity contribution in [2.24, 2.45) is 0 Å². The second kappa shape index (κ2) is 10.7. The first kappa shape index (κ1) is 24.7. The summed E-state index contributed by atoms with van der Waals surface area (Å²) in [6.45, 7) is 2.13. The minimum atomic E-state index is -0.823. The number of rotatable bonds is 7. The number of aliphatic carboxylic acids is 1. The van der Waals surface area contributed by atoms with Crippen LogP contribution in [0.4, 0.5) is 0 Å². The maximum atomic E-state index is 12.9. The van der Waals surface area contributed by atoms with E-state index < -0.39 is 5.97 Å². The number of benzene rings is 4. The van der Waals surface area contributed by atoms with Crippen LogP contribution in [0.1, 0.15) is 45.0 Å². The quantitative estimate of drug-likeness (QED) is 0.320. The topological polar surface area (TPSA) is 76.1 Å². The van der Waals surface area contributed by atoms with E-state index in [1.165, 1.54) is 11.1 Å². The highest BCUT2D eigenvalue weighted by Crippen LogP contribution is 2.38. The number of carboxylic acids is 1. The molecule has 196 valence electrons. The maximum Gasteiger partial charge on any atom is 0.304 e. The molecular formula is C33H29NO5. The fourth-order valence-electron chi connectivity index (χ4n) is 5.40. The molecule has 1 N–H and O–H groups in total. The minimum Gasteiger partial charge on any atom is -0.492 e. The van der Waals surface area contributed by atoms with Crippen molar-refractivity contribution in [1.82, 2.24) is 4.90 Å².